The van der Waals surface area contributed by atoms with E-state index in [4.69, 9.17) is 18.5 Å². The molecule has 190 valence electrons. The summed E-state index contributed by atoms with van der Waals surface area (Å²) in [5.41, 5.74) is -1.09. The second-order valence-corrected chi connectivity index (χ2v) is 9.78. The number of hydrogen-bond donors (Lipinski definition) is 2. The summed E-state index contributed by atoms with van der Waals surface area (Å²) in [5.74, 6) is -0.489. The third-order valence-electron chi connectivity index (χ3n) is 5.21. The van der Waals surface area contributed by atoms with Crippen LogP contribution in [0.5, 0.6) is 5.75 Å². The minimum atomic E-state index is -4.10. The molecule has 1 aromatic carbocycles. The third kappa shape index (κ3) is 7.25. The van der Waals surface area contributed by atoms with Gasteiger partial charge < -0.3 is 14.0 Å². The topological polar surface area (TPSA) is 138 Å². The van der Waals surface area contributed by atoms with Gasteiger partial charge >= 0.3 is 19.4 Å². The molecule has 0 radical (unpaired) electrons. The smallest absolute Gasteiger partial charge is 0.459 e. The van der Waals surface area contributed by atoms with Gasteiger partial charge in [0.25, 0.3) is 5.56 Å². The van der Waals surface area contributed by atoms with Crippen molar-refractivity contribution in [2.24, 2.45) is 5.92 Å². The molecule has 35 heavy (non-hydrogen) atoms. The number of aromatic nitrogens is 2. The van der Waals surface area contributed by atoms with E-state index in [2.05, 4.69) is 16.7 Å². The van der Waals surface area contributed by atoms with E-state index >= 15 is 0 Å². The molecule has 0 saturated carbocycles. The van der Waals surface area contributed by atoms with Crippen LogP contribution in [-0.2, 0) is 23.4 Å². The highest BCUT2D eigenvalue weighted by Gasteiger charge is 2.38. The number of hydrogen-bond acceptors (Lipinski definition) is 8. The zero-order valence-electron chi connectivity index (χ0n) is 19.6. The van der Waals surface area contributed by atoms with Crippen molar-refractivity contribution in [3.05, 3.63) is 76.1 Å². The molecule has 3 rings (SSSR count). The summed E-state index contributed by atoms with van der Waals surface area (Å²) in [6.45, 7) is 7.40. The first-order valence-electron chi connectivity index (χ1n) is 11.3. The summed E-state index contributed by atoms with van der Waals surface area (Å²) in [4.78, 5) is 38.1. The van der Waals surface area contributed by atoms with Crippen LogP contribution in [0.25, 0.3) is 0 Å². The van der Waals surface area contributed by atoms with E-state index in [1.54, 1.807) is 30.3 Å². The maximum Gasteiger partial charge on any atom is 0.459 e. The van der Waals surface area contributed by atoms with Gasteiger partial charge in [0.2, 0.25) is 0 Å². The van der Waals surface area contributed by atoms with Crippen molar-refractivity contribution in [3.8, 4) is 5.75 Å². The molecule has 5 atom stereocenters. The second kappa shape index (κ2) is 12.1. The highest BCUT2D eigenvalue weighted by molar-refractivity contribution is 7.52. The molecule has 0 spiro atoms. The van der Waals surface area contributed by atoms with Gasteiger partial charge in [0.1, 0.15) is 18.0 Å². The van der Waals surface area contributed by atoms with Crippen LogP contribution in [0, 0.1) is 5.92 Å². The number of nitrogens with one attached hydrogen (secondary N) is 2. The Hall–Kier alpha value is -2.98. The summed E-state index contributed by atoms with van der Waals surface area (Å²) < 4.78 is 37.3. The van der Waals surface area contributed by atoms with Crippen LogP contribution in [0.4, 0.5) is 0 Å². The van der Waals surface area contributed by atoms with Gasteiger partial charge in [-0.25, -0.2) is 14.2 Å². The first kappa shape index (κ1) is 26.6. The van der Waals surface area contributed by atoms with Crippen LogP contribution < -0.4 is 20.9 Å². The lowest BCUT2D eigenvalue weighted by atomic mass is 10.1. The van der Waals surface area contributed by atoms with E-state index < -0.39 is 43.3 Å². The minimum Gasteiger partial charge on any atom is -0.464 e. The lowest BCUT2D eigenvalue weighted by molar-refractivity contribution is -0.144. The molecule has 0 bridgehead atoms. The number of aromatic amines is 1. The molecular formula is C23H30N3O8P. The molecular weight excluding hydrogens is 477 g/mol. The van der Waals surface area contributed by atoms with E-state index in [1.807, 2.05) is 13.8 Å². The molecule has 1 aromatic heterocycles. The average molecular weight is 507 g/mol. The van der Waals surface area contributed by atoms with E-state index in [1.165, 1.54) is 22.9 Å². The molecule has 2 heterocycles. The fraction of sp³-hybridized carbons (Fsp3) is 0.435. The molecule has 2 aromatic rings. The number of carbonyl (C=O) groups is 1. The predicted molar refractivity (Wildman–Crippen MR) is 128 cm³/mol. The summed E-state index contributed by atoms with van der Waals surface area (Å²) in [6, 6.07) is 8.48. The summed E-state index contributed by atoms with van der Waals surface area (Å²) >= 11 is 0. The molecule has 11 nitrogen and oxygen atoms in total. The Bertz CT molecular complexity index is 1170. The monoisotopic (exact) mass is 507 g/mol. The fourth-order valence-electron chi connectivity index (χ4n) is 3.55. The SMILES string of the molecule is C=C[C@H](NP(=O)(OCC1C[C@H](C)[C@H](n2ccc(=O)[nH]c2=O)O1)Oc1ccccc1)C(=O)OCCC. The highest BCUT2D eigenvalue weighted by Crippen LogP contribution is 2.46. The largest absolute Gasteiger partial charge is 0.464 e. The molecule has 0 amide bonds. The van der Waals surface area contributed by atoms with E-state index in [9.17, 15) is 18.9 Å². The standard InChI is InChI=1S/C23H30N3O8P/c1-4-13-31-22(28)19(5-2)25-35(30,34-17-9-7-6-8-10-17)32-15-18-14-16(3)21(33-18)26-12-11-20(27)24-23(26)29/h5-12,16,18-19,21H,2,4,13-15H2,1,3H3,(H,25,30)(H,24,27,29)/t16-,18?,19-,21+,35?/m0/s1. The van der Waals surface area contributed by atoms with Gasteiger partial charge in [-0.05, 0) is 25.0 Å². The molecule has 1 saturated heterocycles. The number of esters is 1. The molecule has 2 N–H and O–H groups in total. The van der Waals surface area contributed by atoms with Crippen LogP contribution in [0.2, 0.25) is 0 Å². The van der Waals surface area contributed by atoms with Crippen molar-refractivity contribution in [2.45, 2.75) is 45.1 Å². The van der Waals surface area contributed by atoms with Crippen LogP contribution in [0.3, 0.4) is 0 Å². The number of H-pyrrole nitrogens is 1. The van der Waals surface area contributed by atoms with Crippen molar-refractivity contribution in [2.75, 3.05) is 13.2 Å². The number of nitrogens with zero attached hydrogens (tertiary/aromatic N) is 1. The van der Waals surface area contributed by atoms with Crippen molar-refractivity contribution >= 4 is 13.7 Å². The maximum atomic E-state index is 13.6. The van der Waals surface area contributed by atoms with E-state index in [0.29, 0.717) is 12.8 Å². The number of ether oxygens (including phenoxy) is 2. The Morgan fingerprint density at radius 3 is 2.74 bits per heavy atom. The predicted octanol–water partition coefficient (Wildman–Crippen LogP) is 2.76. The Balaban J connectivity index is 1.73. The normalized spacial score (nSPS) is 22.2. The first-order chi connectivity index (χ1) is 16.7. The van der Waals surface area contributed by atoms with Gasteiger partial charge in [0.05, 0.1) is 19.3 Å². The Kier molecular flexibility index (Phi) is 9.22. The minimum absolute atomic E-state index is 0.0977. The summed E-state index contributed by atoms with van der Waals surface area (Å²) in [7, 11) is -4.10. The fourth-order valence-corrected chi connectivity index (χ4v) is 5.04. The first-order valence-corrected chi connectivity index (χ1v) is 12.8. The molecule has 1 fully saturated rings. The van der Waals surface area contributed by atoms with Gasteiger partial charge in [-0.1, -0.05) is 38.1 Å². The van der Waals surface area contributed by atoms with Crippen molar-refractivity contribution in [3.63, 3.8) is 0 Å². The zero-order chi connectivity index (χ0) is 25.4. The van der Waals surface area contributed by atoms with Crippen molar-refractivity contribution in [1.29, 1.82) is 0 Å². The third-order valence-corrected chi connectivity index (χ3v) is 6.75. The number of carbonyl (C=O) groups excluding carboxylic acids is 1. The lowest BCUT2D eigenvalue weighted by Crippen LogP contribution is -2.36. The molecule has 2 unspecified atom stereocenters. The summed E-state index contributed by atoms with van der Waals surface area (Å²) in [5, 5.41) is 2.60. The van der Waals surface area contributed by atoms with Gasteiger partial charge in [0.15, 0.2) is 0 Å². The number of para-hydroxylation sites is 1. The van der Waals surface area contributed by atoms with Gasteiger partial charge in [0, 0.05) is 18.2 Å². The van der Waals surface area contributed by atoms with Crippen molar-refractivity contribution in [1.82, 2.24) is 14.6 Å². The molecule has 1 aliphatic rings. The van der Waals surface area contributed by atoms with Crippen molar-refractivity contribution < 1.29 is 27.9 Å². The molecule has 12 heteroatoms. The highest BCUT2D eigenvalue weighted by atomic mass is 31.2. The van der Waals surface area contributed by atoms with Crippen LogP contribution >= 0.6 is 7.75 Å². The summed E-state index contributed by atoms with van der Waals surface area (Å²) in [6.07, 6.45) is 2.58. The van der Waals surface area contributed by atoms with Crippen LogP contribution in [-0.4, -0.2) is 40.9 Å². The second-order valence-electron chi connectivity index (χ2n) is 8.09. The van der Waals surface area contributed by atoms with Gasteiger partial charge in [-0.3, -0.25) is 18.9 Å². The van der Waals surface area contributed by atoms with Gasteiger partial charge in [-0.2, -0.15) is 5.09 Å². The maximum absolute atomic E-state index is 13.6. The Morgan fingerprint density at radius 1 is 1.34 bits per heavy atom. The van der Waals surface area contributed by atoms with Crippen LogP contribution in [0.15, 0.2) is 64.8 Å². The van der Waals surface area contributed by atoms with Crippen LogP contribution in [0.1, 0.15) is 32.9 Å². The average Bonchev–Trinajstić information content (AvgIpc) is 3.20. The quantitative estimate of drug-likeness (QED) is 0.252. The lowest BCUT2D eigenvalue weighted by Gasteiger charge is -2.24. The van der Waals surface area contributed by atoms with E-state index in [-0.39, 0.29) is 24.9 Å². The molecule has 1 aliphatic heterocycles. The Morgan fingerprint density at radius 2 is 2.09 bits per heavy atom. The molecule has 0 aliphatic carbocycles. The number of rotatable bonds is 12. The van der Waals surface area contributed by atoms with Gasteiger partial charge in [-0.15, -0.1) is 6.58 Å². The zero-order valence-corrected chi connectivity index (χ0v) is 20.5. The van der Waals surface area contributed by atoms with E-state index in [0.717, 1.165) is 0 Å². The Labute approximate surface area is 202 Å². The number of benzene rings is 1.